The number of nitrogen functional groups attached to an aromatic ring is 1. The van der Waals surface area contributed by atoms with Crippen molar-refractivity contribution < 1.29 is 14.6 Å². The molecule has 0 spiro atoms. The third-order valence-electron chi connectivity index (χ3n) is 3.11. The largest absolute Gasteiger partial charge is 0.490 e. The summed E-state index contributed by atoms with van der Waals surface area (Å²) in [5.74, 6) is 0.593. The summed E-state index contributed by atoms with van der Waals surface area (Å²) in [5.41, 5.74) is 7.55. The number of hydrogen-bond donors (Lipinski definition) is 3. The van der Waals surface area contributed by atoms with Crippen molar-refractivity contribution in [3.8, 4) is 5.75 Å². The fourth-order valence-electron chi connectivity index (χ4n) is 1.83. The maximum absolute atomic E-state index is 11.6. The number of likely N-dealkylation sites (N-methyl/N-ethyl adjacent to an activating group) is 1. The highest BCUT2D eigenvalue weighted by Crippen LogP contribution is 2.23. The van der Waals surface area contributed by atoms with Crippen molar-refractivity contribution in [1.82, 2.24) is 10.2 Å². The molecular formula is C16H27N3O3. The first-order chi connectivity index (χ1) is 10.4. The van der Waals surface area contributed by atoms with E-state index in [4.69, 9.17) is 15.6 Å². The summed E-state index contributed by atoms with van der Waals surface area (Å²) < 4.78 is 5.62. The standard InChI is InChI=1S/C16H27N3O3/c1-12(20)11-18-16(21)7-5-13-4-6-15(14(17)10-13)22-9-8-19(2)3/h4,6,10,12,20H,5,7-9,11,17H2,1-3H3,(H,18,21). The van der Waals surface area contributed by atoms with Gasteiger partial charge in [0.2, 0.25) is 5.91 Å². The number of hydrogen-bond acceptors (Lipinski definition) is 5. The van der Waals surface area contributed by atoms with Crippen LogP contribution in [0.15, 0.2) is 18.2 Å². The van der Waals surface area contributed by atoms with Crippen LogP contribution in [0.4, 0.5) is 5.69 Å². The lowest BCUT2D eigenvalue weighted by Gasteiger charge is -2.13. The molecule has 0 heterocycles. The van der Waals surface area contributed by atoms with Crippen LogP contribution in [0.3, 0.4) is 0 Å². The Bertz CT molecular complexity index is 476. The van der Waals surface area contributed by atoms with Gasteiger partial charge in [-0.2, -0.15) is 0 Å². The summed E-state index contributed by atoms with van der Waals surface area (Å²) in [6.45, 7) is 3.32. The molecule has 1 aromatic carbocycles. The van der Waals surface area contributed by atoms with E-state index in [-0.39, 0.29) is 12.5 Å². The molecule has 6 heteroatoms. The second-order valence-corrected chi connectivity index (χ2v) is 5.68. The number of nitrogens with zero attached hydrogens (tertiary/aromatic N) is 1. The Morgan fingerprint density at radius 2 is 2.18 bits per heavy atom. The number of aliphatic hydroxyl groups excluding tert-OH is 1. The van der Waals surface area contributed by atoms with Crippen LogP contribution in [-0.2, 0) is 11.2 Å². The lowest BCUT2D eigenvalue weighted by Crippen LogP contribution is -2.30. The van der Waals surface area contributed by atoms with Gasteiger partial charge in [0.05, 0.1) is 11.8 Å². The van der Waals surface area contributed by atoms with Gasteiger partial charge in [-0.1, -0.05) is 6.07 Å². The van der Waals surface area contributed by atoms with Gasteiger partial charge in [0.15, 0.2) is 0 Å². The van der Waals surface area contributed by atoms with E-state index >= 15 is 0 Å². The van der Waals surface area contributed by atoms with E-state index in [1.807, 2.05) is 37.2 Å². The summed E-state index contributed by atoms with van der Waals surface area (Å²) in [6.07, 6.45) is 0.444. The van der Waals surface area contributed by atoms with Crippen LogP contribution in [0.5, 0.6) is 5.75 Å². The van der Waals surface area contributed by atoms with E-state index in [2.05, 4.69) is 5.32 Å². The number of ether oxygens (including phenoxy) is 1. The van der Waals surface area contributed by atoms with E-state index in [0.717, 1.165) is 12.1 Å². The van der Waals surface area contributed by atoms with Gasteiger partial charge >= 0.3 is 0 Å². The van der Waals surface area contributed by atoms with Gasteiger partial charge in [0.25, 0.3) is 0 Å². The number of carbonyl (C=O) groups is 1. The Morgan fingerprint density at radius 1 is 1.45 bits per heavy atom. The minimum absolute atomic E-state index is 0.0780. The predicted octanol–water partition coefficient (Wildman–Crippen LogP) is 0.639. The van der Waals surface area contributed by atoms with Gasteiger partial charge in [0, 0.05) is 19.5 Å². The zero-order valence-electron chi connectivity index (χ0n) is 13.6. The fraction of sp³-hybridized carbons (Fsp3) is 0.562. The zero-order chi connectivity index (χ0) is 16.5. The Labute approximate surface area is 132 Å². The summed E-state index contributed by atoms with van der Waals surface area (Å²) in [5, 5.41) is 11.8. The lowest BCUT2D eigenvalue weighted by molar-refractivity contribution is -0.121. The first kappa shape index (κ1) is 18.3. The third kappa shape index (κ3) is 7.28. The molecule has 0 fully saturated rings. The molecule has 0 bridgehead atoms. The third-order valence-corrected chi connectivity index (χ3v) is 3.11. The Balaban J connectivity index is 2.42. The van der Waals surface area contributed by atoms with E-state index in [1.54, 1.807) is 6.92 Å². The van der Waals surface area contributed by atoms with Gasteiger partial charge < -0.3 is 25.8 Å². The second-order valence-electron chi connectivity index (χ2n) is 5.68. The monoisotopic (exact) mass is 309 g/mol. The highest BCUT2D eigenvalue weighted by Gasteiger charge is 2.06. The Kier molecular flexibility index (Phi) is 7.70. The summed E-state index contributed by atoms with van der Waals surface area (Å²) >= 11 is 0. The highest BCUT2D eigenvalue weighted by molar-refractivity contribution is 5.76. The summed E-state index contributed by atoms with van der Waals surface area (Å²) in [7, 11) is 3.97. The number of aliphatic hydroxyl groups is 1. The average molecular weight is 309 g/mol. The molecule has 0 aliphatic heterocycles. The lowest BCUT2D eigenvalue weighted by atomic mass is 10.1. The number of rotatable bonds is 9. The normalized spacial score (nSPS) is 12.2. The van der Waals surface area contributed by atoms with Crippen molar-refractivity contribution in [2.45, 2.75) is 25.9 Å². The van der Waals surface area contributed by atoms with E-state index in [0.29, 0.717) is 30.9 Å². The summed E-state index contributed by atoms with van der Waals surface area (Å²) in [4.78, 5) is 13.6. The molecule has 1 amide bonds. The molecule has 6 nitrogen and oxygen atoms in total. The molecule has 0 radical (unpaired) electrons. The van der Waals surface area contributed by atoms with Gasteiger partial charge in [-0.05, 0) is 45.1 Å². The molecule has 0 aliphatic carbocycles. The number of benzene rings is 1. The van der Waals surface area contributed by atoms with Crippen LogP contribution in [0.25, 0.3) is 0 Å². The molecule has 0 aromatic heterocycles. The second kappa shape index (κ2) is 9.27. The van der Waals surface area contributed by atoms with Crippen molar-refractivity contribution in [3.63, 3.8) is 0 Å². The maximum atomic E-state index is 11.6. The van der Waals surface area contributed by atoms with Crippen LogP contribution in [-0.4, -0.2) is 55.8 Å². The number of carbonyl (C=O) groups excluding carboxylic acids is 1. The van der Waals surface area contributed by atoms with Gasteiger partial charge in [-0.3, -0.25) is 4.79 Å². The molecule has 1 rings (SSSR count). The molecule has 4 N–H and O–H groups in total. The first-order valence-electron chi connectivity index (χ1n) is 7.49. The van der Waals surface area contributed by atoms with Crippen molar-refractivity contribution in [1.29, 1.82) is 0 Å². The molecule has 0 aliphatic rings. The van der Waals surface area contributed by atoms with Crippen LogP contribution >= 0.6 is 0 Å². The number of aryl methyl sites for hydroxylation is 1. The van der Waals surface area contributed by atoms with E-state index in [9.17, 15) is 4.79 Å². The molecular weight excluding hydrogens is 282 g/mol. The molecule has 1 unspecified atom stereocenters. The zero-order valence-corrected chi connectivity index (χ0v) is 13.6. The van der Waals surface area contributed by atoms with Crippen molar-refractivity contribution in [3.05, 3.63) is 23.8 Å². The molecule has 0 saturated heterocycles. The van der Waals surface area contributed by atoms with Crippen LogP contribution in [0, 0.1) is 0 Å². The quantitative estimate of drug-likeness (QED) is 0.583. The van der Waals surface area contributed by atoms with E-state index in [1.165, 1.54) is 0 Å². The van der Waals surface area contributed by atoms with Gasteiger partial charge in [0.1, 0.15) is 12.4 Å². The number of nitrogens with two attached hydrogens (primary N) is 1. The maximum Gasteiger partial charge on any atom is 0.220 e. The molecule has 1 atom stereocenters. The minimum atomic E-state index is -0.529. The Hall–Kier alpha value is -1.79. The van der Waals surface area contributed by atoms with Gasteiger partial charge in [-0.25, -0.2) is 0 Å². The minimum Gasteiger partial charge on any atom is -0.490 e. The van der Waals surface area contributed by atoms with Crippen LogP contribution in [0.1, 0.15) is 18.9 Å². The topological polar surface area (TPSA) is 87.8 Å². The molecule has 1 aromatic rings. The number of anilines is 1. The SMILES string of the molecule is CC(O)CNC(=O)CCc1ccc(OCCN(C)C)c(N)c1. The van der Waals surface area contributed by atoms with Crippen LogP contribution in [0.2, 0.25) is 0 Å². The Morgan fingerprint density at radius 3 is 2.77 bits per heavy atom. The number of nitrogens with one attached hydrogen (secondary N) is 1. The van der Waals surface area contributed by atoms with Crippen LogP contribution < -0.4 is 15.8 Å². The summed E-state index contributed by atoms with van der Waals surface area (Å²) in [6, 6.07) is 5.60. The fourth-order valence-corrected chi connectivity index (χ4v) is 1.83. The van der Waals surface area contributed by atoms with Crippen molar-refractivity contribution >= 4 is 11.6 Å². The highest BCUT2D eigenvalue weighted by atomic mass is 16.5. The molecule has 22 heavy (non-hydrogen) atoms. The van der Waals surface area contributed by atoms with Crippen molar-refractivity contribution in [2.24, 2.45) is 0 Å². The predicted molar refractivity (Wildman–Crippen MR) is 87.9 cm³/mol. The average Bonchev–Trinajstić information content (AvgIpc) is 2.44. The molecule has 124 valence electrons. The van der Waals surface area contributed by atoms with Gasteiger partial charge in [-0.15, -0.1) is 0 Å². The molecule has 0 saturated carbocycles. The smallest absolute Gasteiger partial charge is 0.220 e. The number of amides is 1. The van der Waals surface area contributed by atoms with Crippen molar-refractivity contribution in [2.75, 3.05) is 39.5 Å². The van der Waals surface area contributed by atoms with E-state index < -0.39 is 6.10 Å². The first-order valence-corrected chi connectivity index (χ1v) is 7.49.